The van der Waals surface area contributed by atoms with Crippen LogP contribution in [0.3, 0.4) is 0 Å². The van der Waals surface area contributed by atoms with Gasteiger partial charge in [0.25, 0.3) is 0 Å². The summed E-state index contributed by atoms with van der Waals surface area (Å²) in [4.78, 5) is 28.1. The predicted molar refractivity (Wildman–Crippen MR) is 124 cm³/mol. The van der Waals surface area contributed by atoms with Gasteiger partial charge in [-0.3, -0.25) is 9.59 Å². The van der Waals surface area contributed by atoms with Crippen LogP contribution in [0.5, 0.6) is 0 Å². The maximum absolute atomic E-state index is 13.4. The van der Waals surface area contributed by atoms with Gasteiger partial charge in [0, 0.05) is 24.5 Å². The molecule has 3 aromatic rings. The van der Waals surface area contributed by atoms with E-state index in [2.05, 4.69) is 5.32 Å². The van der Waals surface area contributed by atoms with Crippen molar-refractivity contribution >= 4 is 23.4 Å². The normalized spacial score (nSPS) is 11.6. The number of nitrogens with zero attached hydrogens (tertiary/aromatic N) is 1. The highest BCUT2D eigenvalue weighted by molar-refractivity contribution is 6.30. The second-order valence-electron chi connectivity index (χ2n) is 7.56. The minimum Gasteiger partial charge on any atom is -0.350 e. The zero-order valence-electron chi connectivity index (χ0n) is 17.9. The monoisotopic (exact) mass is 452 g/mol. The van der Waals surface area contributed by atoms with Gasteiger partial charge in [-0.1, -0.05) is 73.1 Å². The molecule has 3 aromatic carbocycles. The SMILES string of the molecule is CCCC(=O)N(Cc1ccc(F)cc1)[C@@H](C(=O)NCc1ccc(Cl)cc1)c1ccccc1. The molecule has 0 fully saturated rings. The molecule has 32 heavy (non-hydrogen) atoms. The number of carbonyl (C=O) groups excluding carboxylic acids is 2. The predicted octanol–water partition coefficient (Wildman–Crippen LogP) is 5.67. The number of nitrogens with one attached hydrogen (secondary N) is 1. The number of hydrogen-bond donors (Lipinski definition) is 1. The van der Waals surface area contributed by atoms with Gasteiger partial charge in [0.2, 0.25) is 11.8 Å². The van der Waals surface area contributed by atoms with E-state index >= 15 is 0 Å². The molecule has 6 heteroatoms. The zero-order chi connectivity index (χ0) is 22.9. The molecule has 166 valence electrons. The summed E-state index contributed by atoms with van der Waals surface area (Å²) in [6, 6.07) is 21.6. The molecule has 0 radical (unpaired) electrons. The third kappa shape index (κ3) is 6.41. The first-order valence-corrected chi connectivity index (χ1v) is 11.0. The fourth-order valence-corrected chi connectivity index (χ4v) is 3.59. The van der Waals surface area contributed by atoms with Gasteiger partial charge < -0.3 is 10.2 Å². The van der Waals surface area contributed by atoms with Gasteiger partial charge in [-0.05, 0) is 47.4 Å². The summed E-state index contributed by atoms with van der Waals surface area (Å²) >= 11 is 5.94. The van der Waals surface area contributed by atoms with Crippen LogP contribution in [0, 0.1) is 5.82 Å². The first-order chi connectivity index (χ1) is 15.5. The molecule has 4 nitrogen and oxygen atoms in total. The molecule has 1 atom stereocenters. The molecule has 0 aliphatic heterocycles. The van der Waals surface area contributed by atoms with Crippen molar-refractivity contribution in [1.82, 2.24) is 10.2 Å². The summed E-state index contributed by atoms with van der Waals surface area (Å²) in [5, 5.41) is 3.58. The maximum atomic E-state index is 13.4. The topological polar surface area (TPSA) is 49.4 Å². The summed E-state index contributed by atoms with van der Waals surface area (Å²) in [5.74, 6) is -0.759. The van der Waals surface area contributed by atoms with Gasteiger partial charge in [0.05, 0.1) is 0 Å². The lowest BCUT2D eigenvalue weighted by atomic mass is 10.0. The molecule has 0 aliphatic carbocycles. The standard InChI is InChI=1S/C26H26ClFN2O2/c1-2-6-24(31)30(18-20-11-15-23(28)16-12-20)25(21-7-4-3-5-8-21)26(32)29-17-19-9-13-22(27)14-10-19/h3-5,7-16,25H,2,6,17-18H2,1H3,(H,29,32)/t25-/m1/s1. The van der Waals surface area contributed by atoms with Crippen molar-refractivity contribution in [1.29, 1.82) is 0 Å². The number of rotatable bonds is 9. The molecular formula is C26H26ClFN2O2. The van der Waals surface area contributed by atoms with Crippen molar-refractivity contribution in [3.63, 3.8) is 0 Å². The molecule has 1 N–H and O–H groups in total. The Morgan fingerprint density at radius 2 is 1.56 bits per heavy atom. The van der Waals surface area contributed by atoms with Gasteiger partial charge in [-0.15, -0.1) is 0 Å². The molecule has 0 spiro atoms. The quantitative estimate of drug-likeness (QED) is 0.455. The van der Waals surface area contributed by atoms with Crippen LogP contribution in [-0.4, -0.2) is 16.7 Å². The Bertz CT molecular complexity index is 1020. The fourth-order valence-electron chi connectivity index (χ4n) is 3.46. The van der Waals surface area contributed by atoms with E-state index in [0.717, 1.165) is 11.1 Å². The van der Waals surface area contributed by atoms with Crippen molar-refractivity contribution in [2.75, 3.05) is 0 Å². The first-order valence-electron chi connectivity index (χ1n) is 10.6. The number of amides is 2. The van der Waals surface area contributed by atoms with Crippen LogP contribution < -0.4 is 5.32 Å². The number of benzene rings is 3. The first kappa shape index (κ1) is 23.5. The van der Waals surface area contributed by atoms with Crippen LogP contribution >= 0.6 is 11.6 Å². The van der Waals surface area contributed by atoms with Crippen molar-refractivity contribution in [3.05, 3.63) is 106 Å². The lowest BCUT2D eigenvalue weighted by Crippen LogP contribution is -2.43. The number of hydrogen-bond acceptors (Lipinski definition) is 2. The smallest absolute Gasteiger partial charge is 0.247 e. The van der Waals surface area contributed by atoms with E-state index in [1.807, 2.05) is 49.4 Å². The van der Waals surface area contributed by atoms with Gasteiger partial charge in [0.15, 0.2) is 0 Å². The van der Waals surface area contributed by atoms with Crippen molar-refractivity contribution in [2.24, 2.45) is 0 Å². The van der Waals surface area contributed by atoms with E-state index < -0.39 is 6.04 Å². The Morgan fingerprint density at radius 1 is 0.938 bits per heavy atom. The van der Waals surface area contributed by atoms with Gasteiger partial charge >= 0.3 is 0 Å². The average molecular weight is 453 g/mol. The molecule has 0 unspecified atom stereocenters. The van der Waals surface area contributed by atoms with E-state index in [4.69, 9.17) is 11.6 Å². The molecule has 0 saturated heterocycles. The molecule has 3 rings (SSSR count). The van der Waals surface area contributed by atoms with Crippen LogP contribution in [-0.2, 0) is 22.7 Å². The van der Waals surface area contributed by atoms with Crippen molar-refractivity contribution in [2.45, 2.75) is 38.9 Å². The minimum absolute atomic E-state index is 0.132. The van der Waals surface area contributed by atoms with Crippen LogP contribution in [0.2, 0.25) is 5.02 Å². The van der Waals surface area contributed by atoms with E-state index in [0.29, 0.717) is 30.0 Å². The lowest BCUT2D eigenvalue weighted by molar-refractivity contribution is -0.141. The van der Waals surface area contributed by atoms with Crippen molar-refractivity contribution in [3.8, 4) is 0 Å². The highest BCUT2D eigenvalue weighted by Crippen LogP contribution is 2.25. The summed E-state index contributed by atoms with van der Waals surface area (Å²) in [6.45, 7) is 2.44. The molecule has 0 bridgehead atoms. The number of halogens is 2. The molecule has 0 aromatic heterocycles. The van der Waals surface area contributed by atoms with Gasteiger partial charge in [-0.25, -0.2) is 4.39 Å². The third-order valence-electron chi connectivity index (χ3n) is 5.11. The van der Waals surface area contributed by atoms with E-state index in [1.165, 1.54) is 12.1 Å². The maximum Gasteiger partial charge on any atom is 0.247 e. The Balaban J connectivity index is 1.90. The van der Waals surface area contributed by atoms with Crippen LogP contribution in [0.15, 0.2) is 78.9 Å². The Hall–Kier alpha value is -3.18. The fraction of sp³-hybridized carbons (Fsp3) is 0.231. The van der Waals surface area contributed by atoms with E-state index in [1.54, 1.807) is 29.2 Å². The minimum atomic E-state index is -0.812. The highest BCUT2D eigenvalue weighted by Gasteiger charge is 2.31. The lowest BCUT2D eigenvalue weighted by Gasteiger charge is -2.31. The number of carbonyl (C=O) groups is 2. The summed E-state index contributed by atoms with van der Waals surface area (Å²) in [5.41, 5.74) is 2.37. The molecule has 0 aliphatic rings. The highest BCUT2D eigenvalue weighted by atomic mass is 35.5. The largest absolute Gasteiger partial charge is 0.350 e. The molecule has 0 heterocycles. The van der Waals surface area contributed by atoms with Crippen molar-refractivity contribution < 1.29 is 14.0 Å². The van der Waals surface area contributed by atoms with Crippen LogP contribution in [0.25, 0.3) is 0 Å². The Morgan fingerprint density at radius 3 is 2.19 bits per heavy atom. The molecule has 2 amide bonds. The Kier molecular flexibility index (Phi) is 8.40. The summed E-state index contributed by atoms with van der Waals surface area (Å²) in [7, 11) is 0. The van der Waals surface area contributed by atoms with E-state index in [-0.39, 0.29) is 24.2 Å². The van der Waals surface area contributed by atoms with Crippen LogP contribution in [0.1, 0.15) is 42.5 Å². The summed E-state index contributed by atoms with van der Waals surface area (Å²) in [6.07, 6.45) is 0.974. The van der Waals surface area contributed by atoms with Gasteiger partial charge in [-0.2, -0.15) is 0 Å². The van der Waals surface area contributed by atoms with E-state index in [9.17, 15) is 14.0 Å². The molecular weight excluding hydrogens is 427 g/mol. The van der Waals surface area contributed by atoms with Crippen LogP contribution in [0.4, 0.5) is 4.39 Å². The van der Waals surface area contributed by atoms with Gasteiger partial charge in [0.1, 0.15) is 11.9 Å². The average Bonchev–Trinajstić information content (AvgIpc) is 2.80. The molecule has 0 saturated carbocycles. The second kappa shape index (κ2) is 11.4. The third-order valence-corrected chi connectivity index (χ3v) is 5.36. The summed E-state index contributed by atoms with van der Waals surface area (Å²) < 4.78 is 13.4. The Labute approximate surface area is 193 Å². The second-order valence-corrected chi connectivity index (χ2v) is 7.99. The zero-order valence-corrected chi connectivity index (χ0v) is 18.7.